The molecule has 0 spiro atoms. The van der Waals surface area contributed by atoms with Gasteiger partial charge in [-0.3, -0.25) is 14.9 Å². The number of imide groups is 1. The second-order valence-corrected chi connectivity index (χ2v) is 7.79. The second kappa shape index (κ2) is 12.1. The van der Waals surface area contributed by atoms with E-state index in [1.807, 2.05) is 19.2 Å². The molecule has 1 unspecified atom stereocenters. The molecule has 0 aliphatic heterocycles. The Morgan fingerprint density at radius 2 is 1.88 bits per heavy atom. The molecular weight excluding hydrogens is 473 g/mol. The van der Waals surface area contributed by atoms with Crippen molar-refractivity contribution in [3.63, 3.8) is 0 Å². The van der Waals surface area contributed by atoms with Gasteiger partial charge in [0.15, 0.2) is 5.75 Å². The first-order valence-corrected chi connectivity index (χ1v) is 10.7. The quantitative estimate of drug-likeness (QED) is 0.446. The van der Waals surface area contributed by atoms with Crippen LogP contribution in [0.15, 0.2) is 35.3 Å². The molecule has 1 aromatic carbocycles. The highest BCUT2D eigenvalue weighted by atomic mass is 35.5. The molecule has 0 aliphatic rings. The molecule has 2 rings (SSSR count). The molecule has 3 N–H and O–H groups in total. The van der Waals surface area contributed by atoms with Crippen molar-refractivity contribution in [3.05, 3.63) is 50.9 Å². The number of nitriles is 1. The fourth-order valence-corrected chi connectivity index (χ4v) is 3.17. The Bertz CT molecular complexity index is 1090. The van der Waals surface area contributed by atoms with Crippen molar-refractivity contribution in [3.8, 4) is 17.6 Å². The van der Waals surface area contributed by atoms with Crippen LogP contribution in [0.25, 0.3) is 0 Å². The summed E-state index contributed by atoms with van der Waals surface area (Å²) in [6.07, 6.45) is 0.644. The lowest BCUT2D eigenvalue weighted by atomic mass is 10.1. The van der Waals surface area contributed by atoms with Crippen LogP contribution < -0.4 is 26.5 Å². The molecule has 1 heterocycles. The fraction of sp³-hybridized carbons (Fsp3) is 0.333. The number of pyridine rings is 1. The second-order valence-electron chi connectivity index (χ2n) is 6.97. The van der Waals surface area contributed by atoms with Crippen molar-refractivity contribution in [1.82, 2.24) is 15.3 Å². The summed E-state index contributed by atoms with van der Waals surface area (Å²) in [6.45, 7) is 5.31. The van der Waals surface area contributed by atoms with Gasteiger partial charge in [-0.05, 0) is 39.0 Å². The molecule has 1 atom stereocenters. The van der Waals surface area contributed by atoms with E-state index in [4.69, 9.17) is 33.2 Å². The summed E-state index contributed by atoms with van der Waals surface area (Å²) in [5.74, 6) is -1.38. The Labute approximate surface area is 200 Å². The number of carbonyl (C=O) groups is 2. The first-order valence-electron chi connectivity index (χ1n) is 9.91. The zero-order chi connectivity index (χ0) is 24.5. The molecule has 2 amide bonds. The van der Waals surface area contributed by atoms with E-state index in [-0.39, 0.29) is 40.5 Å². The van der Waals surface area contributed by atoms with Crippen molar-refractivity contribution in [2.75, 3.05) is 18.6 Å². The SMILES string of the molecule is CCOC(=O)NC(=O)C(C#N)CNNc1cc(Cl)c(Oc2ccc(=O)n(C(C)C)c2)c(Cl)c1. The average Bonchev–Trinajstić information content (AvgIpc) is 2.74. The van der Waals surface area contributed by atoms with Gasteiger partial charge in [0.1, 0.15) is 11.7 Å². The minimum atomic E-state index is -1.16. The van der Waals surface area contributed by atoms with Crippen molar-refractivity contribution in [2.45, 2.75) is 26.8 Å². The van der Waals surface area contributed by atoms with E-state index in [9.17, 15) is 14.4 Å². The number of benzene rings is 1. The van der Waals surface area contributed by atoms with Crippen molar-refractivity contribution in [1.29, 1.82) is 5.26 Å². The largest absolute Gasteiger partial charge is 0.453 e. The number of aromatic nitrogens is 1. The number of hydrogen-bond donors (Lipinski definition) is 3. The Hall–Kier alpha value is -3.26. The van der Waals surface area contributed by atoms with Crippen LogP contribution in [-0.4, -0.2) is 29.7 Å². The molecular formula is C21H23Cl2N5O5. The molecule has 33 heavy (non-hydrogen) atoms. The third-order valence-electron chi connectivity index (χ3n) is 4.20. The standard InChI is InChI=1S/C21H23Cl2N5O5/c1-4-32-21(31)26-20(30)13(9-24)10-25-27-14-7-16(22)19(17(23)8-14)33-15-5-6-18(29)28(11-15)12(2)3/h5-8,11-13,25,27H,4,10H2,1-3H3,(H,26,30,31). The first-order chi connectivity index (χ1) is 15.7. The van der Waals surface area contributed by atoms with Gasteiger partial charge in [-0.25, -0.2) is 10.2 Å². The summed E-state index contributed by atoms with van der Waals surface area (Å²) in [7, 11) is 0. The average molecular weight is 496 g/mol. The van der Waals surface area contributed by atoms with Gasteiger partial charge < -0.3 is 19.5 Å². The highest BCUT2D eigenvalue weighted by molar-refractivity contribution is 6.37. The van der Waals surface area contributed by atoms with E-state index in [1.54, 1.807) is 19.2 Å². The van der Waals surface area contributed by atoms with Gasteiger partial charge >= 0.3 is 6.09 Å². The summed E-state index contributed by atoms with van der Waals surface area (Å²) < 4.78 is 11.9. The van der Waals surface area contributed by atoms with Gasteiger partial charge in [0.05, 0.1) is 34.6 Å². The maximum Gasteiger partial charge on any atom is 0.413 e. The van der Waals surface area contributed by atoms with Crippen LogP contribution in [0, 0.1) is 17.2 Å². The summed E-state index contributed by atoms with van der Waals surface area (Å²) in [6, 6.07) is 7.69. The third kappa shape index (κ3) is 7.39. The topological polar surface area (TPSA) is 134 Å². The molecule has 0 radical (unpaired) electrons. The van der Waals surface area contributed by atoms with E-state index < -0.39 is 17.9 Å². The van der Waals surface area contributed by atoms with Crippen LogP contribution in [0.3, 0.4) is 0 Å². The fourth-order valence-electron chi connectivity index (χ4n) is 2.60. The van der Waals surface area contributed by atoms with Gasteiger partial charge in [0.2, 0.25) is 5.91 Å². The zero-order valence-corrected chi connectivity index (χ0v) is 19.7. The number of nitrogens with one attached hydrogen (secondary N) is 3. The van der Waals surface area contributed by atoms with Crippen LogP contribution in [-0.2, 0) is 9.53 Å². The van der Waals surface area contributed by atoms with Crippen LogP contribution >= 0.6 is 23.2 Å². The van der Waals surface area contributed by atoms with Gasteiger partial charge in [-0.2, -0.15) is 5.26 Å². The normalized spacial score (nSPS) is 11.4. The number of amides is 2. The van der Waals surface area contributed by atoms with Gasteiger partial charge in [-0.15, -0.1) is 0 Å². The van der Waals surface area contributed by atoms with Crippen LogP contribution in [0.5, 0.6) is 11.5 Å². The van der Waals surface area contributed by atoms with Crippen LogP contribution in [0.1, 0.15) is 26.8 Å². The molecule has 0 fully saturated rings. The zero-order valence-electron chi connectivity index (χ0n) is 18.1. The van der Waals surface area contributed by atoms with Crippen molar-refractivity contribution in [2.24, 2.45) is 5.92 Å². The Kier molecular flexibility index (Phi) is 9.54. The summed E-state index contributed by atoms with van der Waals surface area (Å²) in [5.41, 5.74) is 5.76. The minimum absolute atomic E-state index is 0.0544. The maximum absolute atomic E-state index is 11.9. The van der Waals surface area contributed by atoms with E-state index in [0.717, 1.165) is 0 Å². The summed E-state index contributed by atoms with van der Waals surface area (Å²) in [4.78, 5) is 35.2. The predicted molar refractivity (Wildman–Crippen MR) is 124 cm³/mol. The predicted octanol–water partition coefficient (Wildman–Crippen LogP) is 3.86. The number of halogens is 2. The Balaban J connectivity index is 2.03. The molecule has 176 valence electrons. The lowest BCUT2D eigenvalue weighted by molar-refractivity contribution is -0.122. The highest BCUT2D eigenvalue weighted by Gasteiger charge is 2.20. The number of hydrogen-bond acceptors (Lipinski definition) is 8. The lowest BCUT2D eigenvalue weighted by Gasteiger charge is -2.16. The molecule has 10 nitrogen and oxygen atoms in total. The van der Waals surface area contributed by atoms with E-state index in [2.05, 4.69) is 15.6 Å². The van der Waals surface area contributed by atoms with Gasteiger partial charge in [0, 0.05) is 18.7 Å². The molecule has 0 saturated heterocycles. The molecule has 0 saturated carbocycles. The number of anilines is 1. The van der Waals surface area contributed by atoms with Gasteiger partial charge in [-0.1, -0.05) is 23.2 Å². The Morgan fingerprint density at radius 3 is 2.45 bits per heavy atom. The maximum atomic E-state index is 11.9. The summed E-state index contributed by atoms with van der Waals surface area (Å²) in [5, 5.41) is 11.5. The number of hydrazine groups is 1. The third-order valence-corrected chi connectivity index (χ3v) is 4.76. The first kappa shape index (κ1) is 26.0. The van der Waals surface area contributed by atoms with Crippen molar-refractivity contribution >= 4 is 40.9 Å². The lowest BCUT2D eigenvalue weighted by Crippen LogP contribution is -2.40. The number of carbonyl (C=O) groups excluding carboxylic acids is 2. The van der Waals surface area contributed by atoms with E-state index >= 15 is 0 Å². The highest BCUT2D eigenvalue weighted by Crippen LogP contribution is 2.38. The number of nitrogens with zero attached hydrogens (tertiary/aromatic N) is 2. The molecule has 0 aliphatic carbocycles. The van der Waals surface area contributed by atoms with E-state index in [1.165, 1.54) is 28.8 Å². The minimum Gasteiger partial charge on any atom is -0.453 e. The monoisotopic (exact) mass is 495 g/mol. The van der Waals surface area contributed by atoms with Gasteiger partial charge in [0.25, 0.3) is 5.56 Å². The van der Waals surface area contributed by atoms with Crippen molar-refractivity contribution < 1.29 is 19.1 Å². The van der Waals surface area contributed by atoms with E-state index in [0.29, 0.717) is 11.4 Å². The summed E-state index contributed by atoms with van der Waals surface area (Å²) >= 11 is 12.6. The molecule has 1 aromatic heterocycles. The van der Waals surface area contributed by atoms with Crippen LogP contribution in [0.4, 0.5) is 10.5 Å². The molecule has 0 bridgehead atoms. The molecule has 2 aromatic rings. The van der Waals surface area contributed by atoms with Crippen LogP contribution in [0.2, 0.25) is 10.0 Å². The number of ether oxygens (including phenoxy) is 2. The number of alkyl carbamates (subject to hydrolysis) is 1. The molecule has 12 heteroatoms. The smallest absolute Gasteiger partial charge is 0.413 e. The Morgan fingerprint density at radius 1 is 1.21 bits per heavy atom. The number of rotatable bonds is 9.